The van der Waals surface area contributed by atoms with Gasteiger partial charge in [-0.15, -0.1) is 10.2 Å². The Morgan fingerprint density at radius 3 is 2.45 bits per heavy atom. The SMILES string of the molecule is CO[C@@H]1[C@@H](n2cc(-c3ccc(C)c(F)c3F)nn2)[C@@H](O)[C@@H](CO)O[C@@H]1Cc1cn(C23CCC(N)(CC2)CC3)nn1. The highest BCUT2D eigenvalue weighted by atomic mass is 19.2. The van der Waals surface area contributed by atoms with Crippen molar-refractivity contribution in [2.45, 2.75) is 93.4 Å². The molecule has 7 rings (SSSR count). The van der Waals surface area contributed by atoms with Crippen LogP contribution in [0.5, 0.6) is 0 Å². The standard InChI is InChI=1S/C27H35F2N7O4/c1-15-3-4-17(22(29)21(15)28)18-13-35(33-32-18)23-24(38)20(14-37)40-19(25(23)39-2)11-16-12-36(34-31-16)27-8-5-26(30,6-9-27)7-10-27/h3-4,12-13,19-20,23-25,37-38H,5-11,14,30H2,1-2H3/t19-,20-,23+,24+,25+,26?,27?/m1/s1. The molecule has 3 aliphatic carbocycles. The van der Waals surface area contributed by atoms with Crippen LogP contribution in [-0.4, -0.2) is 83.9 Å². The van der Waals surface area contributed by atoms with E-state index in [0.29, 0.717) is 12.1 Å². The van der Waals surface area contributed by atoms with Crippen molar-refractivity contribution in [2.24, 2.45) is 5.73 Å². The number of aromatic nitrogens is 6. The zero-order valence-electron chi connectivity index (χ0n) is 22.6. The van der Waals surface area contributed by atoms with Crippen LogP contribution in [0.25, 0.3) is 11.3 Å². The Hall–Kier alpha value is -2.84. The summed E-state index contributed by atoms with van der Waals surface area (Å²) < 4.78 is 44.1. The van der Waals surface area contributed by atoms with Gasteiger partial charge in [0.2, 0.25) is 0 Å². The fourth-order valence-corrected chi connectivity index (χ4v) is 6.69. The van der Waals surface area contributed by atoms with Gasteiger partial charge in [-0.05, 0) is 57.1 Å². The summed E-state index contributed by atoms with van der Waals surface area (Å²) in [5.74, 6) is -1.98. The molecule has 3 aromatic rings. The minimum absolute atomic E-state index is 0.0478. The smallest absolute Gasteiger partial charge is 0.168 e. The van der Waals surface area contributed by atoms with Crippen molar-refractivity contribution in [3.63, 3.8) is 0 Å². The van der Waals surface area contributed by atoms with Crippen LogP contribution in [0.15, 0.2) is 24.5 Å². The van der Waals surface area contributed by atoms with E-state index in [4.69, 9.17) is 15.2 Å². The van der Waals surface area contributed by atoms with Gasteiger partial charge in [-0.3, -0.25) is 0 Å². The second-order valence-electron chi connectivity index (χ2n) is 11.7. The number of ether oxygens (including phenoxy) is 2. The fraction of sp³-hybridized carbons (Fsp3) is 0.630. The van der Waals surface area contributed by atoms with E-state index in [2.05, 4.69) is 20.6 Å². The maximum absolute atomic E-state index is 14.7. The van der Waals surface area contributed by atoms with Crippen molar-refractivity contribution >= 4 is 0 Å². The number of halogens is 2. The van der Waals surface area contributed by atoms with Crippen LogP contribution >= 0.6 is 0 Å². The number of hydrogen-bond donors (Lipinski definition) is 3. The zero-order valence-corrected chi connectivity index (χ0v) is 22.6. The molecule has 4 fully saturated rings. The number of methoxy groups -OCH3 is 1. The summed E-state index contributed by atoms with van der Waals surface area (Å²) >= 11 is 0. The predicted molar refractivity (Wildman–Crippen MR) is 138 cm³/mol. The van der Waals surface area contributed by atoms with Crippen molar-refractivity contribution in [3.8, 4) is 11.3 Å². The van der Waals surface area contributed by atoms with Crippen molar-refractivity contribution in [3.05, 3.63) is 47.4 Å². The van der Waals surface area contributed by atoms with Gasteiger partial charge >= 0.3 is 0 Å². The van der Waals surface area contributed by atoms with E-state index >= 15 is 0 Å². The summed E-state index contributed by atoms with van der Waals surface area (Å²) in [5.41, 5.74) is 7.28. The van der Waals surface area contributed by atoms with E-state index in [1.165, 1.54) is 37.0 Å². The van der Waals surface area contributed by atoms with Gasteiger partial charge in [-0.1, -0.05) is 16.5 Å². The van der Waals surface area contributed by atoms with Crippen LogP contribution in [0.1, 0.15) is 55.8 Å². The molecule has 2 bridgehead atoms. The first-order chi connectivity index (χ1) is 19.2. The molecule has 0 unspecified atom stereocenters. The molecule has 216 valence electrons. The zero-order chi connectivity index (χ0) is 28.2. The average Bonchev–Trinajstić information content (AvgIpc) is 3.63. The molecule has 3 saturated carbocycles. The predicted octanol–water partition coefficient (Wildman–Crippen LogP) is 1.80. The number of aliphatic hydroxyl groups excluding tert-OH is 2. The Morgan fingerprint density at radius 1 is 1.05 bits per heavy atom. The first-order valence-corrected chi connectivity index (χ1v) is 13.7. The van der Waals surface area contributed by atoms with Crippen molar-refractivity contribution in [1.29, 1.82) is 0 Å². The third-order valence-corrected chi connectivity index (χ3v) is 9.30. The molecule has 2 aromatic heterocycles. The highest BCUT2D eigenvalue weighted by molar-refractivity contribution is 5.59. The lowest BCUT2D eigenvalue weighted by molar-refractivity contribution is -0.212. The van der Waals surface area contributed by atoms with Crippen LogP contribution in [0.3, 0.4) is 0 Å². The molecular weight excluding hydrogens is 524 g/mol. The highest BCUT2D eigenvalue weighted by Crippen LogP contribution is 2.49. The quantitative estimate of drug-likeness (QED) is 0.394. The molecule has 40 heavy (non-hydrogen) atoms. The maximum Gasteiger partial charge on any atom is 0.168 e. The molecule has 13 heteroatoms. The molecule has 5 atom stereocenters. The summed E-state index contributed by atoms with van der Waals surface area (Å²) in [6.07, 6.45) is 6.00. The number of fused-ring (bicyclic) bond motifs is 3. The molecule has 11 nitrogen and oxygen atoms in total. The van der Waals surface area contributed by atoms with Gasteiger partial charge in [-0.25, -0.2) is 18.1 Å². The first-order valence-electron chi connectivity index (χ1n) is 13.7. The third kappa shape index (κ3) is 4.53. The number of nitrogens with two attached hydrogens (primary N) is 1. The Labute approximate surface area is 230 Å². The van der Waals surface area contributed by atoms with Gasteiger partial charge < -0.3 is 25.4 Å². The van der Waals surface area contributed by atoms with Crippen LogP contribution in [0.2, 0.25) is 0 Å². The van der Waals surface area contributed by atoms with Gasteiger partial charge in [0.05, 0.1) is 30.1 Å². The van der Waals surface area contributed by atoms with E-state index in [0.717, 1.165) is 38.5 Å². The van der Waals surface area contributed by atoms with Crippen LogP contribution in [0, 0.1) is 18.6 Å². The lowest BCUT2D eigenvalue weighted by Crippen LogP contribution is -2.57. The number of hydrogen-bond acceptors (Lipinski definition) is 9. The molecule has 3 heterocycles. The number of aliphatic hydroxyl groups is 2. The van der Waals surface area contributed by atoms with Crippen molar-refractivity contribution in [1.82, 2.24) is 30.0 Å². The van der Waals surface area contributed by atoms with Gasteiger partial charge in [-0.2, -0.15) is 0 Å². The summed E-state index contributed by atoms with van der Waals surface area (Å²) in [7, 11) is 1.49. The lowest BCUT2D eigenvalue weighted by Gasteiger charge is -2.51. The van der Waals surface area contributed by atoms with Gasteiger partial charge in [0.1, 0.15) is 30.0 Å². The van der Waals surface area contributed by atoms with Crippen molar-refractivity contribution < 1.29 is 28.5 Å². The van der Waals surface area contributed by atoms with Crippen LogP contribution in [-0.2, 0) is 21.4 Å². The van der Waals surface area contributed by atoms with E-state index in [1.807, 2.05) is 10.9 Å². The third-order valence-electron chi connectivity index (χ3n) is 9.30. The molecule has 1 aromatic carbocycles. The molecule has 0 spiro atoms. The lowest BCUT2D eigenvalue weighted by atomic mass is 9.62. The Balaban J connectivity index is 1.26. The molecule has 1 aliphatic heterocycles. The maximum atomic E-state index is 14.7. The molecule has 0 amide bonds. The summed E-state index contributed by atoms with van der Waals surface area (Å²) in [5, 5.41) is 38.2. The summed E-state index contributed by atoms with van der Waals surface area (Å²) in [6.45, 7) is 1.03. The second kappa shape index (κ2) is 10.2. The topological polar surface area (TPSA) is 146 Å². The van der Waals surface area contributed by atoms with Crippen LogP contribution < -0.4 is 5.73 Å². The number of rotatable bonds is 7. The number of aryl methyl sites for hydroxylation is 1. The van der Waals surface area contributed by atoms with E-state index in [9.17, 15) is 19.0 Å². The number of benzene rings is 1. The Morgan fingerprint density at radius 2 is 1.77 bits per heavy atom. The number of nitrogens with zero attached hydrogens (tertiary/aromatic N) is 6. The van der Waals surface area contributed by atoms with E-state index in [-0.39, 0.29) is 27.9 Å². The minimum atomic E-state index is -1.21. The molecule has 4 N–H and O–H groups in total. The average molecular weight is 560 g/mol. The Kier molecular flexibility index (Phi) is 6.98. The van der Waals surface area contributed by atoms with E-state index in [1.54, 1.807) is 0 Å². The molecule has 0 radical (unpaired) electrons. The second-order valence-corrected chi connectivity index (χ2v) is 11.7. The molecular formula is C27H35F2N7O4. The van der Waals surface area contributed by atoms with Gasteiger partial charge in [0, 0.05) is 30.8 Å². The Bertz CT molecular complexity index is 1360. The highest BCUT2D eigenvalue weighted by Gasteiger charge is 2.49. The van der Waals surface area contributed by atoms with Gasteiger partial charge in [0.25, 0.3) is 0 Å². The van der Waals surface area contributed by atoms with E-state index < -0.39 is 48.7 Å². The first kappa shape index (κ1) is 27.3. The molecule has 4 aliphatic rings. The summed E-state index contributed by atoms with van der Waals surface area (Å²) in [4.78, 5) is 0. The summed E-state index contributed by atoms with van der Waals surface area (Å²) in [6, 6.07) is 2.07. The van der Waals surface area contributed by atoms with Crippen LogP contribution in [0.4, 0.5) is 8.78 Å². The minimum Gasteiger partial charge on any atom is -0.394 e. The largest absolute Gasteiger partial charge is 0.394 e. The normalized spacial score (nSPS) is 33.9. The van der Waals surface area contributed by atoms with Gasteiger partial charge in [0.15, 0.2) is 11.6 Å². The molecule has 1 saturated heterocycles. The van der Waals surface area contributed by atoms with Crippen molar-refractivity contribution in [2.75, 3.05) is 13.7 Å². The fourth-order valence-electron chi connectivity index (χ4n) is 6.69. The monoisotopic (exact) mass is 559 g/mol.